The molecule has 1 aliphatic carbocycles. The summed E-state index contributed by atoms with van der Waals surface area (Å²) in [5.41, 5.74) is 7.80. The fourth-order valence-electron chi connectivity index (χ4n) is 5.19. The maximum atomic E-state index is 4.72. The van der Waals surface area contributed by atoms with Gasteiger partial charge in [0.15, 0.2) is 0 Å². The highest BCUT2D eigenvalue weighted by Crippen LogP contribution is 2.51. The highest BCUT2D eigenvalue weighted by Gasteiger charge is 2.36. The van der Waals surface area contributed by atoms with Gasteiger partial charge in [-0.2, -0.15) is 0 Å². The van der Waals surface area contributed by atoms with Crippen molar-refractivity contribution in [2.45, 2.75) is 19.3 Å². The lowest BCUT2D eigenvalue weighted by atomic mass is 9.80. The minimum Gasteiger partial charge on any atom is -0.256 e. The van der Waals surface area contributed by atoms with E-state index < -0.39 is 0 Å². The summed E-state index contributed by atoms with van der Waals surface area (Å²) in [6.45, 7) is 4.70. The van der Waals surface area contributed by atoms with Crippen LogP contribution in [0.25, 0.3) is 43.9 Å². The number of hydrogen-bond donors (Lipinski definition) is 0. The Morgan fingerprint density at radius 2 is 1.28 bits per heavy atom. The molecular formula is C28H21N. The summed E-state index contributed by atoms with van der Waals surface area (Å²) >= 11 is 0. The van der Waals surface area contributed by atoms with Crippen molar-refractivity contribution in [1.29, 1.82) is 0 Å². The van der Waals surface area contributed by atoms with Crippen LogP contribution in [0.1, 0.15) is 25.0 Å². The van der Waals surface area contributed by atoms with E-state index in [0.29, 0.717) is 0 Å². The predicted octanol–water partition coefficient (Wildman–Crippen LogP) is 7.36. The van der Waals surface area contributed by atoms with Gasteiger partial charge >= 0.3 is 0 Å². The van der Waals surface area contributed by atoms with Crippen molar-refractivity contribution in [2.24, 2.45) is 0 Å². The molecule has 0 atom stereocenters. The van der Waals surface area contributed by atoms with E-state index >= 15 is 0 Å². The van der Waals surface area contributed by atoms with Gasteiger partial charge in [0.2, 0.25) is 0 Å². The molecule has 6 rings (SSSR count). The van der Waals surface area contributed by atoms with Gasteiger partial charge < -0.3 is 0 Å². The molecule has 29 heavy (non-hydrogen) atoms. The monoisotopic (exact) mass is 371 g/mol. The normalized spacial score (nSPS) is 14.1. The second-order valence-corrected chi connectivity index (χ2v) is 8.44. The molecule has 1 nitrogen and oxygen atoms in total. The van der Waals surface area contributed by atoms with Crippen LogP contribution in [-0.4, -0.2) is 4.98 Å². The topological polar surface area (TPSA) is 12.9 Å². The second kappa shape index (κ2) is 5.78. The zero-order valence-corrected chi connectivity index (χ0v) is 16.6. The summed E-state index contributed by atoms with van der Waals surface area (Å²) in [4.78, 5) is 4.72. The second-order valence-electron chi connectivity index (χ2n) is 8.44. The Morgan fingerprint density at radius 3 is 2.14 bits per heavy atom. The van der Waals surface area contributed by atoms with Crippen LogP contribution in [-0.2, 0) is 5.41 Å². The molecule has 1 heterocycles. The number of rotatable bonds is 1. The number of nitrogens with zero attached hydrogens (tertiary/aromatic N) is 1. The van der Waals surface area contributed by atoms with Gasteiger partial charge in [-0.15, -0.1) is 0 Å². The van der Waals surface area contributed by atoms with E-state index in [1.165, 1.54) is 43.8 Å². The van der Waals surface area contributed by atoms with E-state index in [4.69, 9.17) is 4.98 Å². The first-order chi connectivity index (χ1) is 14.2. The lowest BCUT2D eigenvalue weighted by Gasteiger charge is -2.23. The Kier molecular flexibility index (Phi) is 3.29. The summed E-state index contributed by atoms with van der Waals surface area (Å²) in [7, 11) is 0. The van der Waals surface area contributed by atoms with Crippen molar-refractivity contribution in [3.05, 3.63) is 102 Å². The Morgan fingerprint density at radius 1 is 0.586 bits per heavy atom. The first-order valence-corrected chi connectivity index (χ1v) is 10.2. The molecule has 0 N–H and O–H groups in total. The summed E-state index contributed by atoms with van der Waals surface area (Å²) in [6, 6.07) is 30.6. The van der Waals surface area contributed by atoms with Crippen molar-refractivity contribution < 1.29 is 0 Å². The van der Waals surface area contributed by atoms with Gasteiger partial charge in [-0.25, -0.2) is 0 Å². The minimum atomic E-state index is -0.00555. The van der Waals surface area contributed by atoms with E-state index in [9.17, 15) is 0 Å². The smallest absolute Gasteiger partial charge is 0.0780 e. The van der Waals surface area contributed by atoms with Gasteiger partial charge in [0.05, 0.1) is 5.69 Å². The third-order valence-electron chi connectivity index (χ3n) is 6.51. The van der Waals surface area contributed by atoms with Crippen LogP contribution in [0.2, 0.25) is 0 Å². The van der Waals surface area contributed by atoms with Crippen LogP contribution < -0.4 is 0 Å². The Labute approximate surface area is 170 Å². The number of aromatic nitrogens is 1. The molecule has 0 saturated carbocycles. The van der Waals surface area contributed by atoms with Gasteiger partial charge in [0.1, 0.15) is 0 Å². The molecule has 0 radical (unpaired) electrons. The van der Waals surface area contributed by atoms with Crippen LogP contribution in [0.4, 0.5) is 0 Å². The van der Waals surface area contributed by atoms with Crippen molar-refractivity contribution in [2.75, 3.05) is 0 Å². The molecule has 0 unspecified atom stereocenters. The molecule has 0 fully saturated rings. The predicted molar refractivity (Wildman–Crippen MR) is 122 cm³/mol. The van der Waals surface area contributed by atoms with E-state index in [2.05, 4.69) is 92.7 Å². The molecule has 0 bridgehead atoms. The molecule has 0 saturated heterocycles. The maximum absolute atomic E-state index is 4.72. The highest BCUT2D eigenvalue weighted by molar-refractivity contribution is 6.14. The molecule has 138 valence electrons. The zero-order chi connectivity index (χ0) is 19.6. The lowest BCUT2D eigenvalue weighted by Crippen LogP contribution is -2.15. The first-order valence-electron chi connectivity index (χ1n) is 10.2. The molecular weight excluding hydrogens is 350 g/mol. The highest BCUT2D eigenvalue weighted by atomic mass is 14.7. The van der Waals surface area contributed by atoms with E-state index in [0.717, 1.165) is 11.3 Å². The van der Waals surface area contributed by atoms with E-state index in [1.54, 1.807) is 0 Å². The van der Waals surface area contributed by atoms with Crippen molar-refractivity contribution >= 4 is 21.5 Å². The number of fused-ring (bicyclic) bond motifs is 7. The molecule has 0 amide bonds. The van der Waals surface area contributed by atoms with Gasteiger partial charge in [0.25, 0.3) is 0 Å². The molecule has 1 aromatic heterocycles. The maximum Gasteiger partial charge on any atom is 0.0780 e. The lowest BCUT2D eigenvalue weighted by molar-refractivity contribution is 0.666. The number of benzene rings is 4. The summed E-state index contributed by atoms with van der Waals surface area (Å²) < 4.78 is 0. The van der Waals surface area contributed by atoms with E-state index in [-0.39, 0.29) is 5.41 Å². The van der Waals surface area contributed by atoms with Crippen LogP contribution in [0.5, 0.6) is 0 Å². The summed E-state index contributed by atoms with van der Waals surface area (Å²) in [5, 5.41) is 5.13. The Balaban J connectivity index is 1.70. The first kappa shape index (κ1) is 16.5. The molecule has 1 aliphatic rings. The number of pyridine rings is 1. The Hall–Kier alpha value is -3.45. The quantitative estimate of drug-likeness (QED) is 0.280. The molecule has 1 heteroatoms. The third-order valence-corrected chi connectivity index (χ3v) is 6.51. The number of hydrogen-bond acceptors (Lipinski definition) is 1. The SMILES string of the molecule is CC1(C)c2ccccc2-c2ccc3c(ccc4c(-c5ccccc5)nccc43)c21. The van der Waals surface area contributed by atoms with Crippen molar-refractivity contribution in [1.82, 2.24) is 4.98 Å². The fraction of sp³-hybridized carbons (Fsp3) is 0.107. The van der Waals surface area contributed by atoms with Gasteiger partial charge in [0, 0.05) is 22.6 Å². The molecule has 0 aliphatic heterocycles. The van der Waals surface area contributed by atoms with Gasteiger partial charge in [-0.1, -0.05) is 92.7 Å². The van der Waals surface area contributed by atoms with Gasteiger partial charge in [-0.3, -0.25) is 4.98 Å². The largest absolute Gasteiger partial charge is 0.256 e. The summed E-state index contributed by atoms with van der Waals surface area (Å²) in [5.74, 6) is 0. The van der Waals surface area contributed by atoms with Gasteiger partial charge in [-0.05, 0) is 44.5 Å². The molecule has 4 aromatic carbocycles. The summed E-state index contributed by atoms with van der Waals surface area (Å²) in [6.07, 6.45) is 1.94. The van der Waals surface area contributed by atoms with Crippen LogP contribution in [0, 0.1) is 0 Å². The minimum absolute atomic E-state index is 0.00555. The zero-order valence-electron chi connectivity index (χ0n) is 16.6. The average molecular weight is 371 g/mol. The van der Waals surface area contributed by atoms with Crippen LogP contribution in [0.15, 0.2) is 91.1 Å². The molecule has 5 aromatic rings. The van der Waals surface area contributed by atoms with Crippen molar-refractivity contribution in [3.8, 4) is 22.4 Å². The van der Waals surface area contributed by atoms with Crippen LogP contribution in [0.3, 0.4) is 0 Å². The Bertz CT molecular complexity index is 1410. The van der Waals surface area contributed by atoms with Crippen LogP contribution >= 0.6 is 0 Å². The average Bonchev–Trinajstić information content (AvgIpc) is 3.01. The van der Waals surface area contributed by atoms with E-state index in [1.807, 2.05) is 12.3 Å². The fourth-order valence-corrected chi connectivity index (χ4v) is 5.19. The third kappa shape index (κ3) is 2.19. The standard InChI is InChI=1S/C28H21N/c1-28(2)25-11-7-6-10-21(25)23-13-12-19-20-16-17-29-27(18-8-4-3-5-9-18)24(20)15-14-22(19)26(23)28/h3-17H,1-2H3. The van der Waals surface area contributed by atoms with Crippen molar-refractivity contribution in [3.63, 3.8) is 0 Å². The molecule has 0 spiro atoms.